The van der Waals surface area contributed by atoms with E-state index in [0.717, 1.165) is 0 Å². The first-order valence-corrected chi connectivity index (χ1v) is 7.69. The van der Waals surface area contributed by atoms with E-state index in [-0.39, 0.29) is 17.3 Å². The summed E-state index contributed by atoms with van der Waals surface area (Å²) in [7, 11) is -0.442. The first-order chi connectivity index (χ1) is 9.36. The summed E-state index contributed by atoms with van der Waals surface area (Å²) < 4.78 is 31.4. The number of carbonyl (C=O) groups is 1. The number of piperazine rings is 1. The Morgan fingerprint density at radius 1 is 1.25 bits per heavy atom. The zero-order valence-electron chi connectivity index (χ0n) is 11.8. The van der Waals surface area contributed by atoms with Gasteiger partial charge in [-0.3, -0.25) is 4.79 Å². The van der Waals surface area contributed by atoms with Crippen molar-refractivity contribution in [1.29, 1.82) is 0 Å². The van der Waals surface area contributed by atoms with Crippen molar-refractivity contribution < 1.29 is 17.9 Å². The van der Waals surface area contributed by atoms with Crippen molar-refractivity contribution in [1.82, 2.24) is 9.21 Å². The predicted octanol–water partition coefficient (Wildman–Crippen LogP) is 0.466. The summed E-state index contributed by atoms with van der Waals surface area (Å²) in [6.45, 7) is 2.33. The predicted molar refractivity (Wildman–Crippen MR) is 74.1 cm³/mol. The van der Waals surface area contributed by atoms with Crippen molar-refractivity contribution in [2.75, 3.05) is 33.8 Å². The third kappa shape index (κ3) is 2.64. The molecule has 110 valence electrons. The molecule has 1 aliphatic rings. The van der Waals surface area contributed by atoms with Crippen molar-refractivity contribution in [2.45, 2.75) is 11.8 Å². The summed E-state index contributed by atoms with van der Waals surface area (Å²) >= 11 is 0. The van der Waals surface area contributed by atoms with Crippen LogP contribution < -0.4 is 4.74 Å². The number of hydrogen-bond donors (Lipinski definition) is 0. The molecular weight excluding hydrogens is 280 g/mol. The number of amides is 1. The summed E-state index contributed by atoms with van der Waals surface area (Å²) in [6.07, 6.45) is 0. The molecule has 6 nitrogen and oxygen atoms in total. The van der Waals surface area contributed by atoms with Crippen LogP contribution in [0.2, 0.25) is 0 Å². The molecule has 0 bridgehead atoms. The molecule has 20 heavy (non-hydrogen) atoms. The minimum absolute atomic E-state index is 0.107. The molecule has 1 fully saturated rings. The first kappa shape index (κ1) is 14.8. The fourth-order valence-corrected chi connectivity index (χ4v) is 3.71. The molecule has 0 unspecified atom stereocenters. The minimum Gasteiger partial charge on any atom is -0.497 e. The maximum absolute atomic E-state index is 12.6. The average molecular weight is 298 g/mol. The van der Waals surface area contributed by atoms with Crippen molar-refractivity contribution in [3.63, 3.8) is 0 Å². The van der Waals surface area contributed by atoms with E-state index in [0.29, 0.717) is 24.4 Å². The highest BCUT2D eigenvalue weighted by Crippen LogP contribution is 2.24. The largest absolute Gasteiger partial charge is 0.497 e. The molecule has 1 aromatic carbocycles. The summed E-state index contributed by atoms with van der Waals surface area (Å²) in [4.78, 5) is 13.4. The lowest BCUT2D eigenvalue weighted by Crippen LogP contribution is -2.50. The Bertz CT molecular complexity index is 627. The van der Waals surface area contributed by atoms with Crippen LogP contribution in [0, 0.1) is 6.92 Å². The number of ether oxygens (including phenoxy) is 1. The smallest absolute Gasteiger partial charge is 0.243 e. The van der Waals surface area contributed by atoms with Crippen LogP contribution >= 0.6 is 0 Å². The van der Waals surface area contributed by atoms with E-state index >= 15 is 0 Å². The average Bonchev–Trinajstić information content (AvgIpc) is 2.41. The summed E-state index contributed by atoms with van der Waals surface area (Å²) in [6, 6.07) is 4.80. The first-order valence-electron chi connectivity index (χ1n) is 6.25. The number of methoxy groups -OCH3 is 1. The van der Waals surface area contributed by atoms with E-state index in [9.17, 15) is 13.2 Å². The normalized spacial score (nSPS) is 17.4. The Labute approximate surface area is 119 Å². The van der Waals surface area contributed by atoms with E-state index in [1.54, 1.807) is 26.1 Å². The maximum atomic E-state index is 12.6. The molecule has 0 aromatic heterocycles. The third-order valence-corrected chi connectivity index (χ3v) is 5.43. The van der Waals surface area contributed by atoms with Crippen LogP contribution in [0.25, 0.3) is 0 Å². The second kappa shape index (κ2) is 5.41. The summed E-state index contributed by atoms with van der Waals surface area (Å²) in [5.74, 6) is 0.418. The molecule has 0 N–H and O–H groups in total. The highest BCUT2D eigenvalue weighted by Gasteiger charge is 2.32. The Balaban J connectivity index is 2.33. The van der Waals surface area contributed by atoms with Gasteiger partial charge in [0.25, 0.3) is 0 Å². The second-order valence-electron chi connectivity index (χ2n) is 4.79. The SMILES string of the molecule is COc1ccc(S(=O)(=O)N2CCN(C)C(=O)C2)c(C)c1. The van der Waals surface area contributed by atoms with Gasteiger partial charge in [0.05, 0.1) is 18.6 Å². The van der Waals surface area contributed by atoms with Gasteiger partial charge in [-0.15, -0.1) is 0 Å². The van der Waals surface area contributed by atoms with Gasteiger partial charge < -0.3 is 9.64 Å². The second-order valence-corrected chi connectivity index (χ2v) is 6.69. The van der Waals surface area contributed by atoms with E-state index in [2.05, 4.69) is 0 Å². The third-order valence-electron chi connectivity index (χ3n) is 3.42. The van der Waals surface area contributed by atoms with Crippen LogP contribution in [0.5, 0.6) is 5.75 Å². The monoisotopic (exact) mass is 298 g/mol. The molecule has 1 heterocycles. The van der Waals surface area contributed by atoms with Crippen molar-refractivity contribution in [2.24, 2.45) is 0 Å². The van der Waals surface area contributed by atoms with Gasteiger partial charge in [0.1, 0.15) is 5.75 Å². The number of nitrogens with zero attached hydrogens (tertiary/aromatic N) is 2. The molecule has 1 aliphatic heterocycles. The van der Waals surface area contributed by atoms with E-state index in [1.165, 1.54) is 22.4 Å². The van der Waals surface area contributed by atoms with Gasteiger partial charge in [-0.2, -0.15) is 4.31 Å². The van der Waals surface area contributed by atoms with Gasteiger partial charge in [-0.1, -0.05) is 0 Å². The fourth-order valence-electron chi connectivity index (χ4n) is 2.12. The Morgan fingerprint density at radius 2 is 1.95 bits per heavy atom. The zero-order valence-corrected chi connectivity index (χ0v) is 12.6. The van der Waals surface area contributed by atoms with Gasteiger partial charge in [0.2, 0.25) is 15.9 Å². The number of benzene rings is 1. The molecule has 0 atom stereocenters. The van der Waals surface area contributed by atoms with Crippen LogP contribution in [0.3, 0.4) is 0 Å². The lowest BCUT2D eigenvalue weighted by atomic mass is 10.2. The highest BCUT2D eigenvalue weighted by molar-refractivity contribution is 7.89. The number of rotatable bonds is 3. The van der Waals surface area contributed by atoms with E-state index in [1.807, 2.05) is 0 Å². The molecule has 7 heteroatoms. The molecule has 1 aromatic rings. The van der Waals surface area contributed by atoms with Gasteiger partial charge in [0.15, 0.2) is 0 Å². The van der Waals surface area contributed by atoms with Gasteiger partial charge >= 0.3 is 0 Å². The topological polar surface area (TPSA) is 66.9 Å². The molecule has 1 saturated heterocycles. The van der Waals surface area contributed by atoms with E-state index < -0.39 is 10.0 Å². The van der Waals surface area contributed by atoms with Crippen LogP contribution in [-0.4, -0.2) is 57.3 Å². The Morgan fingerprint density at radius 3 is 2.50 bits per heavy atom. The quantitative estimate of drug-likeness (QED) is 0.813. The van der Waals surface area contributed by atoms with Crippen molar-refractivity contribution >= 4 is 15.9 Å². The maximum Gasteiger partial charge on any atom is 0.243 e. The minimum atomic E-state index is -3.64. The molecule has 1 amide bonds. The molecule has 2 rings (SSSR count). The fraction of sp³-hybridized carbons (Fsp3) is 0.462. The molecule has 0 saturated carbocycles. The lowest BCUT2D eigenvalue weighted by Gasteiger charge is -2.31. The van der Waals surface area contributed by atoms with Gasteiger partial charge in [0, 0.05) is 20.1 Å². The number of hydrogen-bond acceptors (Lipinski definition) is 4. The van der Waals surface area contributed by atoms with Gasteiger partial charge in [-0.25, -0.2) is 8.42 Å². The molecule has 0 spiro atoms. The Kier molecular flexibility index (Phi) is 4.01. The number of carbonyl (C=O) groups excluding carboxylic acids is 1. The van der Waals surface area contributed by atoms with E-state index in [4.69, 9.17) is 4.74 Å². The number of likely N-dealkylation sites (N-methyl/N-ethyl adjacent to an activating group) is 1. The summed E-state index contributed by atoms with van der Waals surface area (Å²) in [5.41, 5.74) is 0.607. The van der Waals surface area contributed by atoms with Crippen LogP contribution in [0.1, 0.15) is 5.56 Å². The van der Waals surface area contributed by atoms with Crippen LogP contribution in [-0.2, 0) is 14.8 Å². The number of aryl methyl sites for hydroxylation is 1. The van der Waals surface area contributed by atoms with Gasteiger partial charge in [-0.05, 0) is 30.7 Å². The van der Waals surface area contributed by atoms with Crippen LogP contribution in [0.15, 0.2) is 23.1 Å². The number of sulfonamides is 1. The standard InChI is InChI=1S/C13H18N2O4S/c1-10-8-11(19-3)4-5-12(10)20(17,18)15-7-6-14(2)13(16)9-15/h4-5,8H,6-7,9H2,1-3H3. The highest BCUT2D eigenvalue weighted by atomic mass is 32.2. The Hall–Kier alpha value is -1.60. The summed E-state index contributed by atoms with van der Waals surface area (Å²) in [5, 5.41) is 0. The zero-order chi connectivity index (χ0) is 14.9. The molecular formula is C13H18N2O4S. The van der Waals surface area contributed by atoms with Crippen molar-refractivity contribution in [3.05, 3.63) is 23.8 Å². The van der Waals surface area contributed by atoms with Crippen molar-refractivity contribution in [3.8, 4) is 5.75 Å². The van der Waals surface area contributed by atoms with Crippen LogP contribution in [0.4, 0.5) is 0 Å². The lowest BCUT2D eigenvalue weighted by molar-refractivity contribution is -0.132. The molecule has 0 aliphatic carbocycles. The molecule has 0 radical (unpaired) electrons.